The van der Waals surface area contributed by atoms with Crippen LogP contribution in [-0.4, -0.2) is 28.2 Å². The molecule has 1 N–H and O–H groups in total. The molecule has 0 aliphatic carbocycles. The maximum absolute atomic E-state index is 7.44. The van der Waals surface area contributed by atoms with Crippen molar-refractivity contribution < 1.29 is 5.11 Å². The third-order valence-corrected chi connectivity index (χ3v) is 0. The first kappa shape index (κ1) is 15.6. The van der Waals surface area contributed by atoms with E-state index in [1.54, 1.807) is 6.92 Å². The van der Waals surface area contributed by atoms with Crippen molar-refractivity contribution in [2.24, 2.45) is 0 Å². The monoisotopic (exact) mass is 112 g/mol. The third-order valence-electron chi connectivity index (χ3n) is 0. The van der Waals surface area contributed by atoms with Crippen LogP contribution in [0.4, 0.5) is 0 Å². The summed E-state index contributed by atoms with van der Waals surface area (Å²) >= 11 is 0. The van der Waals surface area contributed by atoms with Gasteiger partial charge in [-0.25, -0.2) is 6.61 Å². The molecule has 0 unspecified atom stereocenters. The molecule has 0 aliphatic heterocycles. The van der Waals surface area contributed by atoms with E-state index in [4.69, 9.17) is 5.11 Å². The van der Waals surface area contributed by atoms with Crippen LogP contribution in [0.3, 0.4) is 0 Å². The Balaban J connectivity index is -0.0000000400. The van der Waals surface area contributed by atoms with Gasteiger partial charge in [-0.2, -0.15) is 13.3 Å². The predicted octanol–water partition coefficient (Wildman–Crippen LogP) is 1.39. The average Bonchev–Trinajstić information content (AvgIpc) is 1.39. The van der Waals surface area contributed by atoms with Crippen LogP contribution in [0, 0.1) is 13.5 Å². The minimum absolute atomic E-state index is 0. The molecule has 0 bridgehead atoms. The zero-order valence-corrected chi connectivity index (χ0v) is 6.56. The van der Waals surface area contributed by atoms with Crippen LogP contribution >= 0.6 is 0 Å². The summed E-state index contributed by atoms with van der Waals surface area (Å²) in [6, 6.07) is 0. The summed E-state index contributed by atoms with van der Waals surface area (Å²) in [6.07, 6.45) is 1.00. The van der Waals surface area contributed by atoms with E-state index in [0.717, 1.165) is 13.0 Å². The van der Waals surface area contributed by atoms with Crippen LogP contribution in [0.25, 0.3) is 0 Å². The molecular weight excluding hydrogens is 100 g/mol. The molecule has 0 fully saturated rings. The Labute approximate surface area is 62.3 Å². The Bertz CT molecular complexity index is 10.0. The summed E-state index contributed by atoms with van der Waals surface area (Å²) in [6.45, 7) is 8.06. The SMILES string of the molecule is C[CH-]O.[CH2-]CC.[Mg+2]. The molecule has 0 rings (SSSR count). The van der Waals surface area contributed by atoms with E-state index in [9.17, 15) is 0 Å². The predicted molar refractivity (Wildman–Crippen MR) is 33.3 cm³/mol. The van der Waals surface area contributed by atoms with Crippen molar-refractivity contribution in [3.05, 3.63) is 13.5 Å². The molecule has 0 aromatic rings. The summed E-state index contributed by atoms with van der Waals surface area (Å²) in [5.41, 5.74) is 0. The first-order valence-corrected chi connectivity index (χ1v) is 2.04. The van der Waals surface area contributed by atoms with Crippen molar-refractivity contribution in [1.82, 2.24) is 0 Å². The molecule has 1 nitrogen and oxygen atoms in total. The Morgan fingerprint density at radius 2 is 1.71 bits per heavy atom. The summed E-state index contributed by atoms with van der Waals surface area (Å²) in [4.78, 5) is 0. The van der Waals surface area contributed by atoms with Crippen LogP contribution in [0.5, 0.6) is 0 Å². The minimum atomic E-state index is 0. The van der Waals surface area contributed by atoms with Crippen molar-refractivity contribution in [3.63, 3.8) is 0 Å². The molecule has 0 spiro atoms. The molecule has 0 saturated carbocycles. The zero-order valence-electron chi connectivity index (χ0n) is 5.15. The molecule has 0 aliphatic rings. The molecular formula is C5H12MgO. The fourth-order valence-electron chi connectivity index (χ4n) is 0. The maximum atomic E-state index is 7.44. The largest absolute Gasteiger partial charge is 2.00 e. The molecule has 0 atom stereocenters. The van der Waals surface area contributed by atoms with Crippen LogP contribution in [0.1, 0.15) is 20.3 Å². The summed E-state index contributed by atoms with van der Waals surface area (Å²) in [5, 5.41) is 7.44. The number of rotatable bonds is 0. The van der Waals surface area contributed by atoms with Gasteiger partial charge in [0.25, 0.3) is 0 Å². The zero-order chi connectivity index (χ0) is 5.41. The van der Waals surface area contributed by atoms with Crippen molar-refractivity contribution in [2.75, 3.05) is 0 Å². The molecule has 0 heterocycles. The molecule has 7 heavy (non-hydrogen) atoms. The molecule has 0 aromatic carbocycles. The number of hydrogen-bond acceptors (Lipinski definition) is 1. The van der Waals surface area contributed by atoms with Gasteiger partial charge in [-0.15, -0.1) is 0 Å². The van der Waals surface area contributed by atoms with Gasteiger partial charge in [-0.05, 0) is 0 Å². The quantitative estimate of drug-likeness (QED) is 0.371. The fourth-order valence-corrected chi connectivity index (χ4v) is 0. The van der Waals surface area contributed by atoms with Gasteiger partial charge in [0.1, 0.15) is 0 Å². The van der Waals surface area contributed by atoms with E-state index in [0.29, 0.717) is 0 Å². The standard InChI is InChI=1S/C3H7.C2H5O.Mg/c1-3-2;1-2-3;/h1,3H2,2H3;2-3H,1H3;/q2*-1;+2. The van der Waals surface area contributed by atoms with Gasteiger partial charge >= 0.3 is 23.1 Å². The van der Waals surface area contributed by atoms with Crippen LogP contribution in [0.15, 0.2) is 0 Å². The van der Waals surface area contributed by atoms with E-state index < -0.39 is 0 Å². The maximum Gasteiger partial charge on any atom is 2.00 e. The van der Waals surface area contributed by atoms with Gasteiger partial charge in [-0.1, -0.05) is 6.92 Å². The van der Waals surface area contributed by atoms with Gasteiger partial charge in [0, 0.05) is 0 Å². The molecule has 40 valence electrons. The van der Waals surface area contributed by atoms with E-state index in [2.05, 4.69) is 6.92 Å². The van der Waals surface area contributed by atoms with Crippen molar-refractivity contribution in [2.45, 2.75) is 20.3 Å². The van der Waals surface area contributed by atoms with Gasteiger partial charge in [0.2, 0.25) is 0 Å². The molecule has 0 saturated heterocycles. The number of aliphatic hydroxyl groups is 1. The van der Waals surface area contributed by atoms with Crippen LogP contribution in [0.2, 0.25) is 0 Å². The van der Waals surface area contributed by atoms with Crippen LogP contribution < -0.4 is 0 Å². The minimum Gasteiger partial charge on any atom is -0.566 e. The average molecular weight is 112 g/mol. The molecule has 2 heteroatoms. The first-order chi connectivity index (χ1) is 2.83. The van der Waals surface area contributed by atoms with Gasteiger partial charge in [0.05, 0.1) is 0 Å². The Morgan fingerprint density at radius 1 is 1.71 bits per heavy atom. The summed E-state index contributed by atoms with van der Waals surface area (Å²) < 4.78 is 0. The van der Waals surface area contributed by atoms with Gasteiger partial charge in [-0.3, -0.25) is 0 Å². The van der Waals surface area contributed by atoms with Crippen molar-refractivity contribution >= 4 is 23.1 Å². The Morgan fingerprint density at radius 3 is 1.71 bits per heavy atom. The molecule has 0 aromatic heterocycles. The Hall–Kier alpha value is 0.726. The van der Waals surface area contributed by atoms with E-state index >= 15 is 0 Å². The summed E-state index contributed by atoms with van der Waals surface area (Å²) in [5.74, 6) is 0. The Kier molecular flexibility index (Phi) is 66.3. The number of aliphatic hydroxyl groups excluding tert-OH is 1. The summed E-state index contributed by atoms with van der Waals surface area (Å²) in [7, 11) is 0. The van der Waals surface area contributed by atoms with Crippen LogP contribution in [-0.2, 0) is 0 Å². The smallest absolute Gasteiger partial charge is 0.566 e. The normalized spacial score (nSPS) is 5.14. The van der Waals surface area contributed by atoms with E-state index in [1.807, 2.05) is 6.92 Å². The molecule has 0 radical (unpaired) electrons. The second kappa shape index (κ2) is 29.7. The second-order valence-electron chi connectivity index (χ2n) is 0.758. The van der Waals surface area contributed by atoms with Crippen molar-refractivity contribution in [3.8, 4) is 0 Å². The molecule has 0 amide bonds. The van der Waals surface area contributed by atoms with Gasteiger partial charge in [0.15, 0.2) is 0 Å². The fraction of sp³-hybridized carbons (Fsp3) is 0.600. The third kappa shape index (κ3) is 285. The first-order valence-electron chi connectivity index (χ1n) is 2.04. The topological polar surface area (TPSA) is 20.2 Å². The van der Waals surface area contributed by atoms with Gasteiger partial charge < -0.3 is 12.0 Å². The number of hydrogen-bond donors (Lipinski definition) is 1. The van der Waals surface area contributed by atoms with E-state index in [1.165, 1.54) is 0 Å². The van der Waals surface area contributed by atoms with Crippen molar-refractivity contribution in [1.29, 1.82) is 0 Å². The van der Waals surface area contributed by atoms with E-state index in [-0.39, 0.29) is 23.1 Å². The second-order valence-corrected chi connectivity index (χ2v) is 0.758.